The monoisotopic (exact) mass is 488 g/mol. The van der Waals surface area contributed by atoms with Crippen molar-refractivity contribution in [3.05, 3.63) is 143 Å². The summed E-state index contributed by atoms with van der Waals surface area (Å²) in [5.41, 5.74) is 6.08. The molecule has 37 heavy (non-hydrogen) atoms. The highest BCUT2D eigenvalue weighted by Crippen LogP contribution is 2.20. The molecule has 0 aliphatic heterocycles. The van der Waals surface area contributed by atoms with Crippen LogP contribution in [0.15, 0.2) is 115 Å². The van der Waals surface area contributed by atoms with Gasteiger partial charge in [-0.1, -0.05) is 103 Å². The number of rotatable bonds is 10. The first kappa shape index (κ1) is 25.6. The van der Waals surface area contributed by atoms with Crippen LogP contribution in [-0.2, 0) is 29.0 Å². The Morgan fingerprint density at radius 3 is 2.14 bits per heavy atom. The molecule has 0 heterocycles. The van der Waals surface area contributed by atoms with Gasteiger partial charge < -0.3 is 10.2 Å². The molecule has 4 heteroatoms. The molecule has 4 aromatic rings. The average Bonchev–Trinajstić information content (AvgIpc) is 2.92. The van der Waals surface area contributed by atoms with Crippen LogP contribution < -0.4 is 10.2 Å². The molecule has 0 fully saturated rings. The first-order valence-electron chi connectivity index (χ1n) is 12.6. The SMILES string of the molecule is Cc1cccc(CN(C(=O)/C=C/c2ccccc2)c2ccc(CC(=O)NCCc3ccccc3)cc2)c1. The predicted octanol–water partition coefficient (Wildman–Crippen LogP) is 6.14. The van der Waals surface area contributed by atoms with Gasteiger partial charge in [0.25, 0.3) is 5.91 Å². The fourth-order valence-electron chi connectivity index (χ4n) is 4.14. The summed E-state index contributed by atoms with van der Waals surface area (Å²) in [7, 11) is 0. The van der Waals surface area contributed by atoms with Gasteiger partial charge in [0.2, 0.25) is 5.91 Å². The second kappa shape index (κ2) is 13.0. The lowest BCUT2D eigenvalue weighted by molar-refractivity contribution is -0.120. The standard InChI is InChI=1S/C33H32N2O2/c1-26-9-8-14-30(23-26)25-35(33(37)20-17-27-10-4-2-5-11-27)31-18-15-29(16-19-31)24-32(36)34-22-21-28-12-6-3-7-13-28/h2-20,23H,21-22,24-25H2,1H3,(H,34,36)/b20-17+. The number of amides is 2. The van der Waals surface area contributed by atoms with Gasteiger partial charge in [-0.15, -0.1) is 0 Å². The fraction of sp³-hybridized carbons (Fsp3) is 0.152. The number of hydrogen-bond donors (Lipinski definition) is 1. The summed E-state index contributed by atoms with van der Waals surface area (Å²) < 4.78 is 0. The van der Waals surface area contributed by atoms with Crippen LogP contribution in [0, 0.1) is 6.92 Å². The van der Waals surface area contributed by atoms with E-state index in [-0.39, 0.29) is 11.8 Å². The van der Waals surface area contributed by atoms with Crippen molar-refractivity contribution in [2.75, 3.05) is 11.4 Å². The quantitative estimate of drug-likeness (QED) is 0.273. The molecule has 0 radical (unpaired) electrons. The van der Waals surface area contributed by atoms with E-state index in [4.69, 9.17) is 0 Å². The van der Waals surface area contributed by atoms with E-state index in [0.717, 1.165) is 34.4 Å². The van der Waals surface area contributed by atoms with E-state index in [1.807, 2.05) is 104 Å². The summed E-state index contributed by atoms with van der Waals surface area (Å²) in [5.74, 6) is -0.112. The molecule has 4 rings (SSSR count). The first-order valence-corrected chi connectivity index (χ1v) is 12.6. The second-order valence-corrected chi connectivity index (χ2v) is 9.09. The first-order chi connectivity index (χ1) is 18.1. The molecule has 186 valence electrons. The molecule has 0 unspecified atom stereocenters. The van der Waals surface area contributed by atoms with Gasteiger partial charge in [-0.05, 0) is 53.8 Å². The van der Waals surface area contributed by atoms with Crippen LogP contribution in [-0.4, -0.2) is 18.4 Å². The summed E-state index contributed by atoms with van der Waals surface area (Å²) in [6.45, 7) is 3.11. The molecular weight excluding hydrogens is 456 g/mol. The number of nitrogens with one attached hydrogen (secondary N) is 1. The van der Waals surface area contributed by atoms with E-state index in [9.17, 15) is 9.59 Å². The van der Waals surface area contributed by atoms with Crippen molar-refractivity contribution in [2.24, 2.45) is 0 Å². The number of carbonyl (C=O) groups is 2. The molecule has 0 bridgehead atoms. The van der Waals surface area contributed by atoms with Crippen LogP contribution in [0.2, 0.25) is 0 Å². The molecular formula is C33H32N2O2. The molecule has 4 aromatic carbocycles. The van der Waals surface area contributed by atoms with E-state index < -0.39 is 0 Å². The van der Waals surface area contributed by atoms with Crippen LogP contribution >= 0.6 is 0 Å². The van der Waals surface area contributed by atoms with Crippen LogP contribution in [0.1, 0.15) is 27.8 Å². The Balaban J connectivity index is 1.42. The minimum absolute atomic E-state index is 0.0119. The van der Waals surface area contributed by atoms with Crippen molar-refractivity contribution in [1.29, 1.82) is 0 Å². The average molecular weight is 489 g/mol. The molecule has 0 aliphatic rings. The third-order valence-corrected chi connectivity index (χ3v) is 6.10. The van der Waals surface area contributed by atoms with E-state index in [2.05, 4.69) is 23.5 Å². The minimum Gasteiger partial charge on any atom is -0.355 e. The maximum absolute atomic E-state index is 13.3. The molecule has 0 saturated heterocycles. The summed E-state index contributed by atoms with van der Waals surface area (Å²) in [6.07, 6.45) is 4.55. The zero-order chi connectivity index (χ0) is 25.9. The highest BCUT2D eigenvalue weighted by molar-refractivity contribution is 6.03. The molecule has 2 amide bonds. The Labute approximate surface area is 219 Å². The highest BCUT2D eigenvalue weighted by Gasteiger charge is 2.15. The van der Waals surface area contributed by atoms with Crippen LogP contribution in [0.4, 0.5) is 5.69 Å². The lowest BCUT2D eigenvalue weighted by Crippen LogP contribution is -2.29. The normalized spacial score (nSPS) is 10.8. The lowest BCUT2D eigenvalue weighted by Gasteiger charge is -2.22. The van der Waals surface area contributed by atoms with Crippen molar-refractivity contribution >= 4 is 23.6 Å². The van der Waals surface area contributed by atoms with Gasteiger partial charge in [0, 0.05) is 18.3 Å². The summed E-state index contributed by atoms with van der Waals surface area (Å²) in [6, 6.07) is 35.7. The zero-order valence-corrected chi connectivity index (χ0v) is 21.1. The second-order valence-electron chi connectivity index (χ2n) is 9.09. The lowest BCUT2D eigenvalue weighted by atomic mass is 10.1. The molecule has 0 spiro atoms. The Bertz CT molecular complexity index is 1330. The van der Waals surface area contributed by atoms with Gasteiger partial charge in [0.15, 0.2) is 0 Å². The van der Waals surface area contributed by atoms with E-state index >= 15 is 0 Å². The summed E-state index contributed by atoms with van der Waals surface area (Å²) >= 11 is 0. The Morgan fingerprint density at radius 1 is 0.757 bits per heavy atom. The highest BCUT2D eigenvalue weighted by atomic mass is 16.2. The third kappa shape index (κ3) is 8.04. The van der Waals surface area contributed by atoms with Gasteiger partial charge in [0.05, 0.1) is 13.0 Å². The maximum Gasteiger partial charge on any atom is 0.251 e. The topological polar surface area (TPSA) is 49.4 Å². The summed E-state index contributed by atoms with van der Waals surface area (Å²) in [4.78, 5) is 27.5. The zero-order valence-electron chi connectivity index (χ0n) is 21.1. The smallest absolute Gasteiger partial charge is 0.251 e. The van der Waals surface area contributed by atoms with Crippen molar-refractivity contribution in [1.82, 2.24) is 5.32 Å². The van der Waals surface area contributed by atoms with E-state index in [1.54, 1.807) is 11.0 Å². The number of carbonyl (C=O) groups excluding carboxylic acids is 2. The van der Waals surface area contributed by atoms with Crippen molar-refractivity contribution in [3.63, 3.8) is 0 Å². The van der Waals surface area contributed by atoms with Crippen LogP contribution in [0.5, 0.6) is 0 Å². The van der Waals surface area contributed by atoms with E-state index in [0.29, 0.717) is 19.5 Å². The van der Waals surface area contributed by atoms with Crippen molar-refractivity contribution in [3.8, 4) is 0 Å². The Kier molecular flexibility index (Phi) is 9.03. The fourth-order valence-corrected chi connectivity index (χ4v) is 4.14. The Morgan fingerprint density at radius 2 is 1.43 bits per heavy atom. The van der Waals surface area contributed by atoms with E-state index in [1.165, 1.54) is 5.56 Å². The van der Waals surface area contributed by atoms with Crippen molar-refractivity contribution in [2.45, 2.75) is 26.3 Å². The molecule has 0 saturated carbocycles. The molecule has 0 atom stereocenters. The summed E-state index contributed by atoms with van der Waals surface area (Å²) in [5, 5.41) is 2.99. The van der Waals surface area contributed by atoms with Gasteiger partial charge in [-0.25, -0.2) is 0 Å². The largest absolute Gasteiger partial charge is 0.355 e. The van der Waals surface area contributed by atoms with Gasteiger partial charge >= 0.3 is 0 Å². The minimum atomic E-state index is -0.100. The van der Waals surface area contributed by atoms with Crippen LogP contribution in [0.3, 0.4) is 0 Å². The maximum atomic E-state index is 13.3. The van der Waals surface area contributed by atoms with Gasteiger partial charge in [-0.3, -0.25) is 9.59 Å². The number of hydrogen-bond acceptors (Lipinski definition) is 2. The van der Waals surface area contributed by atoms with Gasteiger partial charge in [-0.2, -0.15) is 0 Å². The number of benzene rings is 4. The predicted molar refractivity (Wildman–Crippen MR) is 151 cm³/mol. The molecule has 4 nitrogen and oxygen atoms in total. The van der Waals surface area contributed by atoms with Gasteiger partial charge in [0.1, 0.15) is 0 Å². The number of anilines is 1. The molecule has 1 N–H and O–H groups in total. The van der Waals surface area contributed by atoms with Crippen LogP contribution in [0.25, 0.3) is 6.08 Å². The third-order valence-electron chi connectivity index (χ3n) is 6.10. The number of aryl methyl sites for hydroxylation is 1. The van der Waals surface area contributed by atoms with Crippen molar-refractivity contribution < 1.29 is 9.59 Å². The Hall–Kier alpha value is -4.44. The molecule has 0 aromatic heterocycles. The molecule has 0 aliphatic carbocycles. The number of nitrogens with zero attached hydrogens (tertiary/aromatic N) is 1.